The molecule has 0 spiro atoms. The third-order valence-corrected chi connectivity index (χ3v) is 4.37. The molecule has 0 fully saturated rings. The second-order valence-corrected chi connectivity index (χ2v) is 6.10. The van der Waals surface area contributed by atoms with Crippen molar-refractivity contribution in [1.82, 2.24) is 15.0 Å². The Bertz CT molecular complexity index is 1100. The van der Waals surface area contributed by atoms with Crippen LogP contribution in [0.25, 0.3) is 33.4 Å². The van der Waals surface area contributed by atoms with E-state index < -0.39 is 0 Å². The molecule has 2 N–H and O–H groups in total. The summed E-state index contributed by atoms with van der Waals surface area (Å²) in [5, 5.41) is 1.36. The van der Waals surface area contributed by atoms with E-state index in [1.54, 1.807) is 7.11 Å². The van der Waals surface area contributed by atoms with Crippen LogP contribution in [0, 0.1) is 0 Å². The summed E-state index contributed by atoms with van der Waals surface area (Å²) in [5.74, 6) is 0.954. The van der Waals surface area contributed by atoms with Crippen molar-refractivity contribution in [3.8, 4) is 28.3 Å². The zero-order valence-electron chi connectivity index (χ0n) is 14.0. The van der Waals surface area contributed by atoms with E-state index in [4.69, 9.17) is 22.1 Å². The van der Waals surface area contributed by atoms with E-state index in [1.807, 2.05) is 60.7 Å². The molecule has 2 aromatic carbocycles. The molecule has 4 rings (SSSR count). The molecule has 5 nitrogen and oxygen atoms in total. The number of hydrogen-bond donors (Lipinski definition) is 1. The number of halogens is 1. The van der Waals surface area contributed by atoms with Gasteiger partial charge in [0, 0.05) is 16.5 Å². The van der Waals surface area contributed by atoms with Crippen molar-refractivity contribution in [3.63, 3.8) is 0 Å². The second kappa shape index (κ2) is 6.61. The lowest BCUT2D eigenvalue weighted by Gasteiger charge is -2.09. The highest BCUT2D eigenvalue weighted by molar-refractivity contribution is 6.32. The Morgan fingerprint density at radius 1 is 0.885 bits per heavy atom. The first kappa shape index (κ1) is 16.3. The van der Waals surface area contributed by atoms with Gasteiger partial charge in [0.05, 0.1) is 24.0 Å². The predicted octanol–water partition coefficient (Wildman–Crippen LogP) is 4.60. The van der Waals surface area contributed by atoms with Crippen molar-refractivity contribution >= 4 is 28.5 Å². The van der Waals surface area contributed by atoms with Crippen molar-refractivity contribution in [2.45, 2.75) is 0 Å². The molecule has 2 heterocycles. The standard InChI is InChI=1S/C20H15ClN4O/c1-26-14-8-6-12(7-9-14)17-11-18(25-20(22)24-17)15-10-13-4-2-3-5-16(13)23-19(15)21/h2-11H,1H3,(H2,22,24,25). The van der Waals surface area contributed by atoms with E-state index in [0.29, 0.717) is 22.1 Å². The number of anilines is 1. The molecule has 0 saturated carbocycles. The molecule has 0 aliphatic rings. The minimum absolute atomic E-state index is 0.178. The van der Waals surface area contributed by atoms with Crippen molar-refractivity contribution < 1.29 is 4.74 Å². The molecule has 6 heteroatoms. The molecular formula is C20H15ClN4O. The number of fused-ring (bicyclic) bond motifs is 1. The molecule has 0 amide bonds. The van der Waals surface area contributed by atoms with Crippen molar-refractivity contribution in [1.29, 1.82) is 0 Å². The number of ether oxygens (including phenoxy) is 1. The highest BCUT2D eigenvalue weighted by atomic mass is 35.5. The maximum atomic E-state index is 6.40. The maximum Gasteiger partial charge on any atom is 0.221 e. The fraction of sp³-hybridized carbons (Fsp3) is 0.0500. The van der Waals surface area contributed by atoms with Gasteiger partial charge in [-0.05, 0) is 42.5 Å². The van der Waals surface area contributed by atoms with Gasteiger partial charge in [0.1, 0.15) is 10.9 Å². The lowest BCUT2D eigenvalue weighted by atomic mass is 10.1. The lowest BCUT2D eigenvalue weighted by Crippen LogP contribution is -1.99. The number of nitrogen functional groups attached to an aromatic ring is 1. The van der Waals surface area contributed by atoms with Gasteiger partial charge < -0.3 is 10.5 Å². The van der Waals surface area contributed by atoms with Gasteiger partial charge in [0.2, 0.25) is 5.95 Å². The van der Waals surface area contributed by atoms with Crippen LogP contribution < -0.4 is 10.5 Å². The molecule has 128 valence electrons. The number of nitrogens with two attached hydrogens (primary N) is 1. The molecular weight excluding hydrogens is 348 g/mol. The van der Waals surface area contributed by atoms with Crippen molar-refractivity contribution in [2.75, 3.05) is 12.8 Å². The molecule has 0 bridgehead atoms. The molecule has 0 saturated heterocycles. The van der Waals surface area contributed by atoms with Crippen LogP contribution in [0.15, 0.2) is 60.7 Å². The highest BCUT2D eigenvalue weighted by Gasteiger charge is 2.12. The van der Waals surface area contributed by atoms with Crippen LogP contribution >= 0.6 is 11.6 Å². The molecule has 0 unspecified atom stereocenters. The van der Waals surface area contributed by atoms with Gasteiger partial charge >= 0.3 is 0 Å². The summed E-state index contributed by atoms with van der Waals surface area (Å²) in [6, 6.07) is 19.2. The number of rotatable bonds is 3. The van der Waals surface area contributed by atoms with Crippen LogP contribution in [0.1, 0.15) is 0 Å². The van der Waals surface area contributed by atoms with E-state index in [1.165, 1.54) is 0 Å². The summed E-state index contributed by atoms with van der Waals surface area (Å²) in [6.07, 6.45) is 0. The van der Waals surface area contributed by atoms with Crippen LogP contribution in [-0.4, -0.2) is 22.1 Å². The number of methoxy groups -OCH3 is 1. The van der Waals surface area contributed by atoms with E-state index in [0.717, 1.165) is 22.2 Å². The summed E-state index contributed by atoms with van der Waals surface area (Å²) in [5.41, 5.74) is 9.74. The summed E-state index contributed by atoms with van der Waals surface area (Å²) >= 11 is 6.40. The first-order valence-electron chi connectivity index (χ1n) is 7.99. The van der Waals surface area contributed by atoms with Gasteiger partial charge in [-0.1, -0.05) is 29.8 Å². The van der Waals surface area contributed by atoms with Gasteiger partial charge in [-0.25, -0.2) is 15.0 Å². The molecule has 0 aliphatic carbocycles. The summed E-state index contributed by atoms with van der Waals surface area (Å²) in [6.45, 7) is 0. The van der Waals surface area contributed by atoms with Gasteiger partial charge in [-0.15, -0.1) is 0 Å². The first-order valence-corrected chi connectivity index (χ1v) is 8.36. The Hall–Kier alpha value is -3.18. The minimum Gasteiger partial charge on any atom is -0.497 e. The first-order chi connectivity index (χ1) is 12.6. The quantitative estimate of drug-likeness (QED) is 0.539. The lowest BCUT2D eigenvalue weighted by molar-refractivity contribution is 0.415. The monoisotopic (exact) mass is 362 g/mol. The fourth-order valence-corrected chi connectivity index (χ4v) is 3.03. The fourth-order valence-electron chi connectivity index (χ4n) is 2.79. The SMILES string of the molecule is COc1ccc(-c2cc(-c3cc4ccccc4nc3Cl)nc(N)n2)cc1. The van der Waals surface area contributed by atoms with Crippen LogP contribution in [0.3, 0.4) is 0 Å². The second-order valence-electron chi connectivity index (χ2n) is 5.74. The van der Waals surface area contributed by atoms with Crippen molar-refractivity contribution in [2.24, 2.45) is 0 Å². The van der Waals surface area contributed by atoms with Gasteiger partial charge in [0.15, 0.2) is 0 Å². The Kier molecular flexibility index (Phi) is 4.14. The van der Waals surface area contributed by atoms with Gasteiger partial charge in [-0.2, -0.15) is 0 Å². The normalized spacial score (nSPS) is 10.8. The average Bonchev–Trinajstić information content (AvgIpc) is 2.67. The highest BCUT2D eigenvalue weighted by Crippen LogP contribution is 2.31. The summed E-state index contributed by atoms with van der Waals surface area (Å²) in [4.78, 5) is 13.1. The molecule has 0 aliphatic heterocycles. The Morgan fingerprint density at radius 3 is 2.38 bits per heavy atom. The Morgan fingerprint density at radius 2 is 1.62 bits per heavy atom. The topological polar surface area (TPSA) is 73.9 Å². The molecule has 2 aromatic heterocycles. The Labute approximate surface area is 155 Å². The predicted molar refractivity (Wildman–Crippen MR) is 104 cm³/mol. The van der Waals surface area contributed by atoms with E-state index in [-0.39, 0.29) is 5.95 Å². The molecule has 26 heavy (non-hydrogen) atoms. The van der Waals surface area contributed by atoms with Crippen LogP contribution in [0.5, 0.6) is 5.75 Å². The third-order valence-electron chi connectivity index (χ3n) is 4.08. The van der Waals surface area contributed by atoms with Crippen LogP contribution in [0.2, 0.25) is 5.15 Å². The van der Waals surface area contributed by atoms with Crippen LogP contribution in [-0.2, 0) is 0 Å². The smallest absolute Gasteiger partial charge is 0.221 e. The number of pyridine rings is 1. The zero-order valence-corrected chi connectivity index (χ0v) is 14.7. The number of aromatic nitrogens is 3. The zero-order chi connectivity index (χ0) is 18.1. The molecule has 0 atom stereocenters. The average molecular weight is 363 g/mol. The number of nitrogens with zero attached hydrogens (tertiary/aromatic N) is 3. The summed E-state index contributed by atoms with van der Waals surface area (Å²) in [7, 11) is 1.63. The van der Waals surface area contributed by atoms with Crippen LogP contribution in [0.4, 0.5) is 5.95 Å². The summed E-state index contributed by atoms with van der Waals surface area (Å²) < 4.78 is 5.20. The molecule has 4 aromatic rings. The largest absolute Gasteiger partial charge is 0.497 e. The van der Waals surface area contributed by atoms with E-state index >= 15 is 0 Å². The number of hydrogen-bond acceptors (Lipinski definition) is 5. The van der Waals surface area contributed by atoms with Gasteiger partial charge in [0.25, 0.3) is 0 Å². The van der Waals surface area contributed by atoms with Gasteiger partial charge in [-0.3, -0.25) is 0 Å². The maximum absolute atomic E-state index is 6.40. The van der Waals surface area contributed by atoms with E-state index in [9.17, 15) is 0 Å². The number of para-hydroxylation sites is 1. The number of benzene rings is 2. The third kappa shape index (κ3) is 3.05. The van der Waals surface area contributed by atoms with Crippen molar-refractivity contribution in [3.05, 3.63) is 65.8 Å². The molecule has 0 radical (unpaired) electrons. The minimum atomic E-state index is 0.178. The van der Waals surface area contributed by atoms with E-state index in [2.05, 4.69) is 15.0 Å². The Balaban J connectivity index is 1.84.